The topological polar surface area (TPSA) is 70.6 Å². The van der Waals surface area contributed by atoms with E-state index in [-0.39, 0.29) is 35.1 Å². The smallest absolute Gasteiger partial charge is 0.191 e. The number of sulfone groups is 1. The van der Waals surface area contributed by atoms with E-state index in [4.69, 9.17) is 0 Å². The van der Waals surface area contributed by atoms with Gasteiger partial charge in [0.15, 0.2) is 5.96 Å². The minimum absolute atomic E-state index is 0. The lowest BCUT2D eigenvalue weighted by Gasteiger charge is -2.20. The average Bonchev–Trinajstić information content (AvgIpc) is 3.23. The summed E-state index contributed by atoms with van der Waals surface area (Å²) < 4.78 is 23.4. The van der Waals surface area contributed by atoms with Crippen molar-refractivity contribution in [1.82, 2.24) is 10.6 Å². The van der Waals surface area contributed by atoms with Gasteiger partial charge in [-0.3, -0.25) is 4.99 Å². The third kappa shape index (κ3) is 6.22. The van der Waals surface area contributed by atoms with E-state index in [1.165, 1.54) is 11.8 Å². The quantitative estimate of drug-likeness (QED) is 0.346. The summed E-state index contributed by atoms with van der Waals surface area (Å²) in [4.78, 5) is 4.14. The predicted octanol–water partition coefficient (Wildman–Crippen LogP) is 2.31. The summed E-state index contributed by atoms with van der Waals surface area (Å²) in [5.74, 6) is 0.741. The molecule has 0 aromatic heterocycles. The van der Waals surface area contributed by atoms with E-state index in [1.54, 1.807) is 7.05 Å². The standard InChI is InChI=1S/C15H22BrN3O2S.HI/c1-17-14(18-9-10-22(2,20)21)19-11-15(7-8-15)12-5-3-4-6-13(12)16;/h3-6H,7-11H2,1-2H3,(H2,17,18,19);1H. The summed E-state index contributed by atoms with van der Waals surface area (Å²) in [6.07, 6.45) is 3.52. The number of aliphatic imine (C=N–C) groups is 1. The predicted molar refractivity (Wildman–Crippen MR) is 110 cm³/mol. The van der Waals surface area contributed by atoms with Crippen LogP contribution in [0.2, 0.25) is 0 Å². The van der Waals surface area contributed by atoms with Crippen LogP contribution in [0, 0.1) is 0 Å². The largest absolute Gasteiger partial charge is 0.356 e. The van der Waals surface area contributed by atoms with Crippen molar-refractivity contribution in [2.24, 2.45) is 4.99 Å². The van der Waals surface area contributed by atoms with E-state index >= 15 is 0 Å². The molecule has 1 aliphatic carbocycles. The number of hydrogen-bond acceptors (Lipinski definition) is 3. The molecule has 0 radical (unpaired) electrons. The molecule has 23 heavy (non-hydrogen) atoms. The third-order valence-electron chi connectivity index (χ3n) is 3.88. The Bertz CT molecular complexity index is 660. The second-order valence-electron chi connectivity index (χ2n) is 5.74. The van der Waals surface area contributed by atoms with Crippen LogP contribution in [0.5, 0.6) is 0 Å². The van der Waals surface area contributed by atoms with Crippen LogP contribution in [0.15, 0.2) is 33.7 Å². The summed E-state index contributed by atoms with van der Waals surface area (Å²) in [7, 11) is -1.27. The van der Waals surface area contributed by atoms with Crippen LogP contribution in [-0.2, 0) is 15.3 Å². The summed E-state index contributed by atoms with van der Waals surface area (Å²) in [5.41, 5.74) is 1.46. The summed E-state index contributed by atoms with van der Waals surface area (Å²) in [6.45, 7) is 1.15. The van der Waals surface area contributed by atoms with Crippen molar-refractivity contribution >= 4 is 55.7 Å². The van der Waals surface area contributed by atoms with Crippen molar-refractivity contribution in [3.8, 4) is 0 Å². The molecule has 0 amide bonds. The van der Waals surface area contributed by atoms with E-state index in [1.807, 2.05) is 6.07 Å². The molecule has 0 aliphatic heterocycles. The highest BCUT2D eigenvalue weighted by Crippen LogP contribution is 2.49. The molecule has 130 valence electrons. The fourth-order valence-electron chi connectivity index (χ4n) is 2.41. The number of benzene rings is 1. The molecule has 5 nitrogen and oxygen atoms in total. The number of nitrogens with zero attached hydrogens (tertiary/aromatic N) is 1. The van der Waals surface area contributed by atoms with E-state index in [9.17, 15) is 8.42 Å². The minimum Gasteiger partial charge on any atom is -0.356 e. The maximum Gasteiger partial charge on any atom is 0.191 e. The van der Waals surface area contributed by atoms with Gasteiger partial charge in [-0.1, -0.05) is 34.1 Å². The fourth-order valence-corrected chi connectivity index (χ4v) is 3.59. The van der Waals surface area contributed by atoms with Crippen LogP contribution in [0.3, 0.4) is 0 Å². The zero-order chi connectivity index (χ0) is 16.2. The molecule has 1 fully saturated rings. The molecule has 8 heteroatoms. The van der Waals surface area contributed by atoms with E-state index in [0.29, 0.717) is 12.5 Å². The van der Waals surface area contributed by atoms with Gasteiger partial charge in [0.05, 0.1) is 5.75 Å². The lowest BCUT2D eigenvalue weighted by atomic mass is 9.96. The van der Waals surface area contributed by atoms with Crippen molar-refractivity contribution in [3.05, 3.63) is 34.3 Å². The maximum absolute atomic E-state index is 11.1. The second-order valence-corrected chi connectivity index (χ2v) is 8.86. The van der Waals surface area contributed by atoms with Crippen LogP contribution >= 0.6 is 39.9 Å². The summed E-state index contributed by atoms with van der Waals surface area (Å²) in [6, 6.07) is 8.29. The molecule has 0 bridgehead atoms. The lowest BCUT2D eigenvalue weighted by Crippen LogP contribution is -2.42. The number of guanidine groups is 1. The fraction of sp³-hybridized carbons (Fsp3) is 0.533. The highest BCUT2D eigenvalue weighted by Gasteiger charge is 2.45. The lowest BCUT2D eigenvalue weighted by molar-refractivity contribution is 0.599. The summed E-state index contributed by atoms with van der Waals surface area (Å²) >= 11 is 3.62. The maximum atomic E-state index is 11.1. The Morgan fingerprint density at radius 2 is 1.96 bits per heavy atom. The Balaban J connectivity index is 0.00000264. The summed E-state index contributed by atoms with van der Waals surface area (Å²) in [5, 5.41) is 6.35. The Morgan fingerprint density at radius 1 is 1.30 bits per heavy atom. The van der Waals surface area contributed by atoms with E-state index < -0.39 is 9.84 Å². The molecule has 1 aromatic carbocycles. The van der Waals surface area contributed by atoms with Gasteiger partial charge in [0.1, 0.15) is 9.84 Å². The first-order chi connectivity index (χ1) is 10.4. The minimum atomic E-state index is -2.96. The van der Waals surface area contributed by atoms with Gasteiger partial charge in [0, 0.05) is 36.3 Å². The first-order valence-corrected chi connectivity index (χ1v) is 10.1. The number of hydrogen-bond donors (Lipinski definition) is 2. The molecule has 0 spiro atoms. The Kier molecular flexibility index (Phi) is 7.79. The van der Waals surface area contributed by atoms with Crippen molar-refractivity contribution in [3.63, 3.8) is 0 Å². The Morgan fingerprint density at radius 3 is 2.48 bits per heavy atom. The normalized spacial score (nSPS) is 16.4. The Labute approximate surface area is 163 Å². The highest BCUT2D eigenvalue weighted by atomic mass is 127. The van der Waals surface area contributed by atoms with Gasteiger partial charge in [-0.2, -0.15) is 0 Å². The van der Waals surface area contributed by atoms with Crippen molar-refractivity contribution in [2.45, 2.75) is 18.3 Å². The zero-order valence-corrected chi connectivity index (χ0v) is 18.0. The molecular weight excluding hydrogens is 493 g/mol. The van der Waals surface area contributed by atoms with Crippen molar-refractivity contribution in [2.75, 3.05) is 32.1 Å². The average molecular weight is 516 g/mol. The molecule has 0 atom stereocenters. The molecule has 0 heterocycles. The molecule has 0 saturated heterocycles. The second kappa shape index (κ2) is 8.66. The highest BCUT2D eigenvalue weighted by molar-refractivity contribution is 14.0. The van der Waals surface area contributed by atoms with Gasteiger partial charge in [-0.25, -0.2) is 8.42 Å². The van der Waals surface area contributed by atoms with Crippen LogP contribution in [-0.4, -0.2) is 46.5 Å². The molecule has 1 aliphatic rings. The van der Waals surface area contributed by atoms with Crippen LogP contribution < -0.4 is 10.6 Å². The molecule has 1 saturated carbocycles. The molecule has 0 unspecified atom stereocenters. The van der Waals surface area contributed by atoms with Crippen LogP contribution in [0.4, 0.5) is 0 Å². The molecule has 2 N–H and O–H groups in total. The van der Waals surface area contributed by atoms with E-state index in [0.717, 1.165) is 23.9 Å². The van der Waals surface area contributed by atoms with Gasteiger partial charge in [-0.05, 0) is 24.5 Å². The van der Waals surface area contributed by atoms with Gasteiger partial charge in [0.25, 0.3) is 0 Å². The van der Waals surface area contributed by atoms with Crippen molar-refractivity contribution < 1.29 is 8.42 Å². The number of nitrogens with one attached hydrogen (secondary N) is 2. The first kappa shape index (κ1) is 20.7. The third-order valence-corrected chi connectivity index (χ3v) is 5.52. The molecular formula is C15H23BrIN3O2S. The van der Waals surface area contributed by atoms with Crippen LogP contribution in [0.25, 0.3) is 0 Å². The van der Waals surface area contributed by atoms with Gasteiger partial charge >= 0.3 is 0 Å². The monoisotopic (exact) mass is 515 g/mol. The molecule has 1 aromatic rings. The van der Waals surface area contributed by atoms with Crippen molar-refractivity contribution in [1.29, 1.82) is 0 Å². The Hall–Kier alpha value is -0.350. The van der Waals surface area contributed by atoms with Gasteiger partial charge in [0.2, 0.25) is 0 Å². The number of rotatable bonds is 6. The van der Waals surface area contributed by atoms with Gasteiger partial charge in [-0.15, -0.1) is 24.0 Å². The SMILES string of the molecule is CN=C(NCCS(C)(=O)=O)NCC1(c2ccccc2Br)CC1.I. The first-order valence-electron chi connectivity index (χ1n) is 7.24. The van der Waals surface area contributed by atoms with E-state index in [2.05, 4.69) is 49.8 Å². The van der Waals surface area contributed by atoms with Gasteiger partial charge < -0.3 is 10.6 Å². The number of halogens is 2. The van der Waals surface area contributed by atoms with Crippen LogP contribution in [0.1, 0.15) is 18.4 Å². The zero-order valence-electron chi connectivity index (χ0n) is 13.3. The molecule has 2 rings (SSSR count).